The van der Waals surface area contributed by atoms with Crippen LogP contribution in [0.2, 0.25) is 5.02 Å². The first-order chi connectivity index (χ1) is 17.3. The number of hydrogen-bond donors (Lipinski definition) is 0. The van der Waals surface area contributed by atoms with Gasteiger partial charge in [0.1, 0.15) is 12.3 Å². The number of halogens is 1. The van der Waals surface area contributed by atoms with Crippen molar-refractivity contribution in [3.8, 4) is 5.75 Å². The van der Waals surface area contributed by atoms with Crippen LogP contribution in [0.1, 0.15) is 11.1 Å². The van der Waals surface area contributed by atoms with Crippen LogP contribution in [-0.2, 0) is 21.4 Å². The Morgan fingerprint density at radius 2 is 1.64 bits per heavy atom. The van der Waals surface area contributed by atoms with Crippen molar-refractivity contribution in [1.82, 2.24) is 9.80 Å². The Bertz CT molecular complexity index is 1290. The molecule has 190 valence electrons. The van der Waals surface area contributed by atoms with E-state index in [1.807, 2.05) is 25.1 Å². The number of anilines is 1. The van der Waals surface area contributed by atoms with Crippen molar-refractivity contribution in [3.05, 3.63) is 88.9 Å². The van der Waals surface area contributed by atoms with E-state index >= 15 is 0 Å². The van der Waals surface area contributed by atoms with E-state index in [1.54, 1.807) is 41.3 Å². The average molecular weight is 528 g/mol. The average Bonchev–Trinajstić information content (AvgIpc) is 2.88. The van der Waals surface area contributed by atoms with Crippen molar-refractivity contribution in [3.63, 3.8) is 0 Å². The fourth-order valence-corrected chi connectivity index (χ4v) is 5.84. The van der Waals surface area contributed by atoms with Gasteiger partial charge in [0.05, 0.1) is 22.7 Å². The van der Waals surface area contributed by atoms with Gasteiger partial charge < -0.3 is 9.64 Å². The van der Waals surface area contributed by atoms with Crippen molar-refractivity contribution in [1.29, 1.82) is 0 Å². The van der Waals surface area contributed by atoms with Crippen molar-refractivity contribution < 1.29 is 17.9 Å². The van der Waals surface area contributed by atoms with E-state index in [9.17, 15) is 13.2 Å². The van der Waals surface area contributed by atoms with Gasteiger partial charge in [0.25, 0.3) is 10.0 Å². The maximum atomic E-state index is 13.7. The second-order valence-electron chi connectivity index (χ2n) is 8.79. The zero-order chi connectivity index (χ0) is 25.7. The minimum Gasteiger partial charge on any atom is -0.495 e. The number of benzene rings is 3. The van der Waals surface area contributed by atoms with Gasteiger partial charge >= 0.3 is 0 Å². The van der Waals surface area contributed by atoms with Crippen LogP contribution in [0.25, 0.3) is 0 Å². The van der Waals surface area contributed by atoms with Crippen LogP contribution in [0.15, 0.2) is 77.7 Å². The highest BCUT2D eigenvalue weighted by Gasteiger charge is 2.30. The molecule has 1 fully saturated rings. The highest BCUT2D eigenvalue weighted by Crippen LogP contribution is 2.32. The third kappa shape index (κ3) is 6.00. The lowest BCUT2D eigenvalue weighted by Gasteiger charge is -2.36. The largest absolute Gasteiger partial charge is 0.495 e. The zero-order valence-corrected chi connectivity index (χ0v) is 22.0. The van der Waals surface area contributed by atoms with E-state index in [-0.39, 0.29) is 22.4 Å². The lowest BCUT2D eigenvalue weighted by molar-refractivity contribution is -0.131. The van der Waals surface area contributed by atoms with Gasteiger partial charge in [0, 0.05) is 32.7 Å². The van der Waals surface area contributed by atoms with E-state index in [4.69, 9.17) is 16.3 Å². The first-order valence-corrected chi connectivity index (χ1v) is 13.6. The molecule has 1 saturated heterocycles. The summed E-state index contributed by atoms with van der Waals surface area (Å²) in [5.41, 5.74) is 2.47. The van der Waals surface area contributed by atoms with Gasteiger partial charge in [-0.2, -0.15) is 0 Å². The Balaban J connectivity index is 1.53. The van der Waals surface area contributed by atoms with Crippen LogP contribution in [0.3, 0.4) is 0 Å². The van der Waals surface area contributed by atoms with Crippen LogP contribution in [0.4, 0.5) is 5.69 Å². The minimum absolute atomic E-state index is 0.112. The molecule has 1 aliphatic heterocycles. The smallest absolute Gasteiger partial charge is 0.264 e. The molecular formula is C27H30ClN3O4S. The Kier molecular flexibility index (Phi) is 8.18. The number of carbonyl (C=O) groups is 1. The molecule has 36 heavy (non-hydrogen) atoms. The van der Waals surface area contributed by atoms with Gasteiger partial charge in [-0.1, -0.05) is 59.6 Å². The summed E-state index contributed by atoms with van der Waals surface area (Å²) in [6.07, 6.45) is 0. The number of ether oxygens (including phenoxy) is 1. The molecule has 1 amide bonds. The van der Waals surface area contributed by atoms with Crippen molar-refractivity contribution in [2.75, 3.05) is 44.1 Å². The van der Waals surface area contributed by atoms with Crippen LogP contribution >= 0.6 is 11.6 Å². The molecule has 0 saturated carbocycles. The number of methoxy groups -OCH3 is 1. The number of hydrogen-bond acceptors (Lipinski definition) is 5. The first-order valence-electron chi connectivity index (χ1n) is 11.7. The summed E-state index contributed by atoms with van der Waals surface area (Å²) in [6.45, 7) is 4.90. The number of nitrogens with zero attached hydrogens (tertiary/aromatic N) is 3. The minimum atomic E-state index is -4.02. The molecule has 3 aromatic carbocycles. The van der Waals surface area contributed by atoms with Crippen LogP contribution in [-0.4, -0.2) is 64.0 Å². The molecule has 0 atom stereocenters. The van der Waals surface area contributed by atoms with Crippen molar-refractivity contribution >= 4 is 33.2 Å². The van der Waals surface area contributed by atoms with Gasteiger partial charge in [-0.3, -0.25) is 14.0 Å². The molecule has 0 N–H and O–H groups in total. The van der Waals surface area contributed by atoms with Gasteiger partial charge in [0.2, 0.25) is 5.91 Å². The summed E-state index contributed by atoms with van der Waals surface area (Å²) >= 11 is 6.31. The molecular weight excluding hydrogens is 498 g/mol. The Labute approximate surface area is 217 Å². The maximum absolute atomic E-state index is 13.7. The van der Waals surface area contributed by atoms with E-state index in [0.717, 1.165) is 29.5 Å². The highest BCUT2D eigenvalue weighted by atomic mass is 35.5. The van der Waals surface area contributed by atoms with Crippen molar-refractivity contribution in [2.24, 2.45) is 0 Å². The van der Waals surface area contributed by atoms with Gasteiger partial charge in [-0.05, 0) is 42.8 Å². The fourth-order valence-electron chi connectivity index (χ4n) is 4.18. The van der Waals surface area contributed by atoms with E-state index in [2.05, 4.69) is 17.0 Å². The Hall–Kier alpha value is -3.07. The molecule has 4 rings (SSSR count). The molecule has 0 bridgehead atoms. The van der Waals surface area contributed by atoms with Crippen LogP contribution < -0.4 is 9.04 Å². The third-order valence-electron chi connectivity index (χ3n) is 6.29. The SMILES string of the molecule is COc1ccc(N(CC(=O)N2CCN(Cc3ccccc3)CC2)S(=O)(=O)c2ccc(C)cc2)cc1Cl. The monoisotopic (exact) mass is 527 g/mol. The molecule has 9 heteroatoms. The number of rotatable bonds is 8. The lowest BCUT2D eigenvalue weighted by atomic mass is 10.2. The molecule has 0 unspecified atom stereocenters. The number of carbonyl (C=O) groups excluding carboxylic acids is 1. The Morgan fingerprint density at radius 1 is 0.972 bits per heavy atom. The summed E-state index contributed by atoms with van der Waals surface area (Å²) in [5.74, 6) is 0.172. The van der Waals surface area contributed by atoms with Gasteiger partial charge in [-0.15, -0.1) is 0 Å². The normalized spacial score (nSPS) is 14.5. The van der Waals surface area contributed by atoms with Gasteiger partial charge in [0.15, 0.2) is 0 Å². The maximum Gasteiger partial charge on any atom is 0.264 e. The molecule has 0 aromatic heterocycles. The molecule has 1 aliphatic rings. The van der Waals surface area contributed by atoms with Crippen molar-refractivity contribution in [2.45, 2.75) is 18.4 Å². The molecule has 0 radical (unpaired) electrons. The number of amides is 1. The summed E-state index contributed by atoms with van der Waals surface area (Å²) < 4.78 is 33.7. The summed E-state index contributed by atoms with van der Waals surface area (Å²) in [6, 6.07) is 21.5. The zero-order valence-electron chi connectivity index (χ0n) is 20.4. The topological polar surface area (TPSA) is 70.2 Å². The van der Waals surface area contributed by atoms with Crippen LogP contribution in [0, 0.1) is 6.92 Å². The predicted octanol–water partition coefficient (Wildman–Crippen LogP) is 4.20. The van der Waals surface area contributed by atoms with E-state index < -0.39 is 10.0 Å². The second-order valence-corrected chi connectivity index (χ2v) is 11.1. The molecule has 7 nitrogen and oxygen atoms in total. The molecule has 1 heterocycles. The predicted molar refractivity (Wildman–Crippen MR) is 142 cm³/mol. The number of aryl methyl sites for hydroxylation is 1. The molecule has 3 aromatic rings. The van der Waals surface area contributed by atoms with Crippen LogP contribution in [0.5, 0.6) is 5.75 Å². The number of sulfonamides is 1. The van der Waals surface area contributed by atoms with E-state index in [1.165, 1.54) is 18.7 Å². The van der Waals surface area contributed by atoms with Gasteiger partial charge in [-0.25, -0.2) is 8.42 Å². The summed E-state index contributed by atoms with van der Waals surface area (Å²) in [4.78, 5) is 17.5. The molecule has 0 aliphatic carbocycles. The Morgan fingerprint density at radius 3 is 2.25 bits per heavy atom. The first kappa shape index (κ1) is 26.0. The standard InChI is InChI=1S/C27H30ClN3O4S/c1-21-8-11-24(12-9-21)36(33,34)31(23-10-13-26(35-2)25(28)18-23)20-27(32)30-16-14-29(15-17-30)19-22-6-4-3-5-7-22/h3-13,18H,14-17,19-20H2,1-2H3. The quantitative estimate of drug-likeness (QED) is 0.439. The lowest BCUT2D eigenvalue weighted by Crippen LogP contribution is -2.51. The summed E-state index contributed by atoms with van der Waals surface area (Å²) in [5, 5.41) is 0.265. The van der Waals surface area contributed by atoms with E-state index in [0.29, 0.717) is 24.5 Å². The highest BCUT2D eigenvalue weighted by molar-refractivity contribution is 7.92. The third-order valence-corrected chi connectivity index (χ3v) is 8.37. The second kappa shape index (κ2) is 11.3. The summed E-state index contributed by atoms with van der Waals surface area (Å²) in [7, 11) is -2.53. The molecule has 0 spiro atoms. The number of piperazine rings is 1. The fraction of sp³-hybridized carbons (Fsp3) is 0.296.